The summed E-state index contributed by atoms with van der Waals surface area (Å²) in [7, 11) is 0. The average molecular weight is 302 g/mol. The third-order valence-corrected chi connectivity index (χ3v) is 4.24. The second-order valence-corrected chi connectivity index (χ2v) is 6.15. The van der Waals surface area contributed by atoms with Gasteiger partial charge in [-0.25, -0.2) is 0 Å². The minimum absolute atomic E-state index is 0.172. The van der Waals surface area contributed by atoms with Crippen molar-refractivity contribution < 1.29 is 9.59 Å². The van der Waals surface area contributed by atoms with Gasteiger partial charge < -0.3 is 4.90 Å². The van der Waals surface area contributed by atoms with Gasteiger partial charge in [0, 0.05) is 38.2 Å². The predicted molar refractivity (Wildman–Crippen MR) is 88.2 cm³/mol. The van der Waals surface area contributed by atoms with Crippen LogP contribution in [0.3, 0.4) is 0 Å². The van der Waals surface area contributed by atoms with E-state index in [4.69, 9.17) is 0 Å². The molecule has 1 amide bonds. The van der Waals surface area contributed by atoms with Gasteiger partial charge in [0.15, 0.2) is 5.78 Å². The average Bonchev–Trinajstić information content (AvgIpc) is 2.48. The summed E-state index contributed by atoms with van der Waals surface area (Å²) in [4.78, 5) is 28.4. The maximum atomic E-state index is 12.4. The number of carbonyl (C=O) groups excluding carboxylic acids is 2. The Balaban J connectivity index is 1.88. The number of piperazine rings is 1. The maximum absolute atomic E-state index is 12.4. The normalized spacial score (nSPS) is 15.9. The number of benzene rings is 1. The molecule has 4 nitrogen and oxygen atoms in total. The van der Waals surface area contributed by atoms with Crippen LogP contribution < -0.4 is 0 Å². The van der Waals surface area contributed by atoms with Crippen molar-refractivity contribution in [1.29, 1.82) is 0 Å². The van der Waals surface area contributed by atoms with Gasteiger partial charge in [0.25, 0.3) is 0 Å². The second kappa shape index (κ2) is 7.54. The van der Waals surface area contributed by atoms with E-state index >= 15 is 0 Å². The molecule has 0 spiro atoms. The van der Waals surface area contributed by atoms with Crippen LogP contribution in [0.5, 0.6) is 0 Å². The minimum atomic E-state index is 0.172. The van der Waals surface area contributed by atoms with Gasteiger partial charge in [0.1, 0.15) is 0 Å². The van der Waals surface area contributed by atoms with Crippen LogP contribution in [0.25, 0.3) is 0 Å². The molecule has 1 aliphatic rings. The molecule has 0 bridgehead atoms. The van der Waals surface area contributed by atoms with Gasteiger partial charge in [-0.2, -0.15) is 0 Å². The number of rotatable bonds is 5. The minimum Gasteiger partial charge on any atom is -0.340 e. The highest BCUT2D eigenvalue weighted by Gasteiger charge is 2.22. The van der Waals surface area contributed by atoms with Crippen LogP contribution in [0.1, 0.15) is 41.3 Å². The van der Waals surface area contributed by atoms with Crippen LogP contribution in [0.4, 0.5) is 0 Å². The summed E-state index contributed by atoms with van der Waals surface area (Å²) < 4.78 is 0. The fraction of sp³-hybridized carbons (Fsp3) is 0.556. The Morgan fingerprint density at radius 2 is 1.77 bits per heavy atom. The summed E-state index contributed by atoms with van der Waals surface area (Å²) in [5, 5.41) is 0. The van der Waals surface area contributed by atoms with Gasteiger partial charge in [0.2, 0.25) is 5.91 Å². The molecule has 0 unspecified atom stereocenters. The lowest BCUT2D eigenvalue weighted by molar-refractivity contribution is -0.132. The SMILES string of the molecule is CCCC(=O)N1CCN(CC(=O)c2ccc(C)cc2C)CC1. The lowest BCUT2D eigenvalue weighted by Crippen LogP contribution is -2.49. The largest absolute Gasteiger partial charge is 0.340 e. The van der Waals surface area contributed by atoms with Crippen LogP contribution in [-0.4, -0.2) is 54.2 Å². The van der Waals surface area contributed by atoms with Crippen LogP contribution in [-0.2, 0) is 4.79 Å². The van der Waals surface area contributed by atoms with E-state index in [1.165, 1.54) is 5.56 Å². The van der Waals surface area contributed by atoms with Gasteiger partial charge in [-0.05, 0) is 25.8 Å². The first-order valence-electron chi connectivity index (χ1n) is 8.12. The number of amides is 1. The lowest BCUT2D eigenvalue weighted by Gasteiger charge is -2.34. The molecular weight excluding hydrogens is 276 g/mol. The fourth-order valence-electron chi connectivity index (χ4n) is 2.94. The molecule has 0 atom stereocenters. The summed E-state index contributed by atoms with van der Waals surface area (Å²) >= 11 is 0. The fourth-order valence-corrected chi connectivity index (χ4v) is 2.94. The molecule has 1 heterocycles. The van der Waals surface area contributed by atoms with Crippen LogP contribution in [0, 0.1) is 13.8 Å². The third kappa shape index (κ3) is 4.17. The Morgan fingerprint density at radius 3 is 2.36 bits per heavy atom. The molecule has 0 saturated carbocycles. The zero-order chi connectivity index (χ0) is 16.1. The molecule has 1 aromatic carbocycles. The number of hydrogen-bond acceptors (Lipinski definition) is 3. The topological polar surface area (TPSA) is 40.6 Å². The Hall–Kier alpha value is -1.68. The van der Waals surface area contributed by atoms with Gasteiger partial charge in [0.05, 0.1) is 6.54 Å². The molecule has 1 aliphatic heterocycles. The summed E-state index contributed by atoms with van der Waals surface area (Å²) in [5.41, 5.74) is 3.04. The summed E-state index contributed by atoms with van der Waals surface area (Å²) in [6.45, 7) is 9.53. The van der Waals surface area contributed by atoms with Crippen LogP contribution in [0.2, 0.25) is 0 Å². The highest BCUT2D eigenvalue weighted by atomic mass is 16.2. The molecule has 120 valence electrons. The molecule has 0 N–H and O–H groups in total. The lowest BCUT2D eigenvalue weighted by atomic mass is 10.0. The van der Waals surface area contributed by atoms with Gasteiger partial charge >= 0.3 is 0 Å². The molecule has 2 rings (SSSR count). The number of carbonyl (C=O) groups is 2. The Morgan fingerprint density at radius 1 is 1.09 bits per heavy atom. The molecule has 0 aromatic heterocycles. The van der Waals surface area contributed by atoms with Crippen molar-refractivity contribution in [2.24, 2.45) is 0 Å². The smallest absolute Gasteiger partial charge is 0.222 e. The van der Waals surface area contributed by atoms with Crippen molar-refractivity contribution >= 4 is 11.7 Å². The summed E-state index contributed by atoms with van der Waals surface area (Å²) in [6.07, 6.45) is 1.52. The number of hydrogen-bond donors (Lipinski definition) is 0. The van der Waals surface area contributed by atoms with Gasteiger partial charge in [-0.1, -0.05) is 30.7 Å². The quantitative estimate of drug-likeness (QED) is 0.784. The molecule has 0 radical (unpaired) electrons. The van der Waals surface area contributed by atoms with Gasteiger partial charge in [-0.15, -0.1) is 0 Å². The first-order valence-corrected chi connectivity index (χ1v) is 8.12. The molecule has 0 aliphatic carbocycles. The summed E-state index contributed by atoms with van der Waals surface area (Å²) in [6, 6.07) is 5.96. The number of ketones is 1. The van der Waals surface area contributed by atoms with E-state index in [1.807, 2.05) is 37.8 Å². The van der Waals surface area contributed by atoms with Crippen LogP contribution in [0.15, 0.2) is 18.2 Å². The first kappa shape index (κ1) is 16.7. The Labute approximate surface area is 133 Å². The van der Waals surface area contributed by atoms with E-state index in [0.717, 1.165) is 43.7 Å². The third-order valence-electron chi connectivity index (χ3n) is 4.24. The van der Waals surface area contributed by atoms with Crippen molar-refractivity contribution in [1.82, 2.24) is 9.80 Å². The van der Waals surface area contributed by atoms with E-state index in [-0.39, 0.29) is 11.7 Å². The first-order chi connectivity index (χ1) is 10.5. The molecule has 1 fully saturated rings. The second-order valence-electron chi connectivity index (χ2n) is 6.15. The zero-order valence-electron chi connectivity index (χ0n) is 13.9. The predicted octanol–water partition coefficient (Wildman–Crippen LogP) is 2.43. The Bertz CT molecular complexity index is 546. The van der Waals surface area contributed by atoms with Crippen molar-refractivity contribution in [3.63, 3.8) is 0 Å². The van der Waals surface area contributed by atoms with Crippen molar-refractivity contribution in [3.05, 3.63) is 34.9 Å². The molecular formula is C18H26N2O2. The van der Waals surface area contributed by atoms with Crippen LogP contribution >= 0.6 is 0 Å². The highest BCUT2D eigenvalue weighted by molar-refractivity contribution is 5.99. The molecule has 4 heteroatoms. The summed E-state index contributed by atoms with van der Waals surface area (Å²) in [5.74, 6) is 0.411. The van der Waals surface area contributed by atoms with Crippen molar-refractivity contribution in [3.8, 4) is 0 Å². The van der Waals surface area contributed by atoms with Crippen molar-refractivity contribution in [2.75, 3.05) is 32.7 Å². The van der Waals surface area contributed by atoms with E-state index in [1.54, 1.807) is 0 Å². The number of aryl methyl sites for hydroxylation is 2. The van der Waals surface area contributed by atoms with Crippen molar-refractivity contribution in [2.45, 2.75) is 33.6 Å². The van der Waals surface area contributed by atoms with E-state index < -0.39 is 0 Å². The Kier molecular flexibility index (Phi) is 5.72. The monoisotopic (exact) mass is 302 g/mol. The van der Waals surface area contributed by atoms with E-state index in [2.05, 4.69) is 11.0 Å². The molecule has 1 saturated heterocycles. The number of nitrogens with zero attached hydrogens (tertiary/aromatic N) is 2. The maximum Gasteiger partial charge on any atom is 0.222 e. The van der Waals surface area contributed by atoms with E-state index in [0.29, 0.717) is 13.0 Å². The van der Waals surface area contributed by atoms with Gasteiger partial charge in [-0.3, -0.25) is 14.5 Å². The molecule has 22 heavy (non-hydrogen) atoms. The number of Topliss-reactive ketones (excluding diaryl/α,β-unsaturated/α-hetero) is 1. The standard InChI is InChI=1S/C18H26N2O2/c1-4-5-18(22)20-10-8-19(9-11-20)13-17(21)16-7-6-14(2)12-15(16)3/h6-7,12H,4-5,8-11,13H2,1-3H3. The van der Waals surface area contributed by atoms with E-state index in [9.17, 15) is 9.59 Å². The molecule has 1 aromatic rings. The highest BCUT2D eigenvalue weighted by Crippen LogP contribution is 2.13. The zero-order valence-corrected chi connectivity index (χ0v) is 13.9.